The molecule has 10 heteroatoms. The Morgan fingerprint density at radius 2 is 0.753 bits per heavy atom. The van der Waals surface area contributed by atoms with E-state index in [9.17, 15) is 19.0 Å². The summed E-state index contributed by atoms with van der Waals surface area (Å²) in [7, 11) is -4.39. The molecule has 2 atom stereocenters. The summed E-state index contributed by atoms with van der Waals surface area (Å²) in [6, 6.07) is 0. The molecule has 73 heavy (non-hydrogen) atoms. The largest absolute Gasteiger partial charge is 0.472 e. The number of carbonyl (C=O) groups excluding carboxylic acids is 2. The van der Waals surface area contributed by atoms with Crippen LogP contribution >= 0.6 is 7.82 Å². The number of allylic oxidation sites excluding steroid dienone is 14. The summed E-state index contributed by atoms with van der Waals surface area (Å²) in [5, 5.41) is 0. The molecule has 3 N–H and O–H groups in total. The Kier molecular flexibility index (Phi) is 56.2. The molecule has 0 radical (unpaired) electrons. The monoisotopic (exact) mass is 1040 g/mol. The number of carbonyl (C=O) groups is 2. The SMILES string of the molecule is CC/C=C\C/C=C\C/C=C\C/C=C\CCCCCCCCCCCCCCCCCCCCCCC(=O)OC(COC(=O)CCCCCCCC/C=C\C/C=C\C/C=C\CCCCC)COP(=O)(O)OCCN. The van der Waals surface area contributed by atoms with Gasteiger partial charge in [-0.2, -0.15) is 0 Å². The zero-order valence-electron chi connectivity index (χ0n) is 47.1. The second-order valence-corrected chi connectivity index (χ2v) is 21.3. The summed E-state index contributed by atoms with van der Waals surface area (Å²) in [5.41, 5.74) is 5.38. The summed E-state index contributed by atoms with van der Waals surface area (Å²) >= 11 is 0. The van der Waals surface area contributed by atoms with Crippen LogP contribution in [-0.4, -0.2) is 49.3 Å². The van der Waals surface area contributed by atoms with E-state index in [0.29, 0.717) is 6.42 Å². The third-order valence-electron chi connectivity index (χ3n) is 12.8. The zero-order chi connectivity index (χ0) is 53.1. The molecule has 9 nitrogen and oxygen atoms in total. The first-order valence-electron chi connectivity index (χ1n) is 30.1. The summed E-state index contributed by atoms with van der Waals surface area (Å²) in [6.07, 6.45) is 76.5. The van der Waals surface area contributed by atoms with Gasteiger partial charge in [0.05, 0.1) is 13.2 Å². The smallest absolute Gasteiger partial charge is 0.462 e. The van der Waals surface area contributed by atoms with Gasteiger partial charge in [-0.25, -0.2) is 4.57 Å². The van der Waals surface area contributed by atoms with Crippen molar-refractivity contribution in [3.8, 4) is 0 Å². The lowest BCUT2D eigenvalue weighted by Crippen LogP contribution is -2.29. The highest BCUT2D eigenvalue weighted by atomic mass is 31.2. The standard InChI is InChI=1S/C63H112NO8P/c1-3-5-7-9-11-13-15-17-19-21-23-24-25-26-27-28-29-30-31-32-33-34-35-36-38-40-42-44-46-48-50-52-54-56-63(66)72-61(60-71-73(67,68)70-58-57-64)59-69-62(65)55-53-51-49-47-45-43-41-39-37-22-20-18-16-14-12-10-8-6-4-2/h5,7,11-14,17-20,23-24,37,39,61H,3-4,6,8-10,15-16,21-22,25-36,38,40-60,64H2,1-2H3,(H,67,68)/b7-5-,13-11-,14-12-,19-17-,20-18-,24-23-,39-37-. The van der Waals surface area contributed by atoms with Crippen LogP contribution in [0.5, 0.6) is 0 Å². The molecule has 0 saturated carbocycles. The molecule has 0 aromatic heterocycles. The fourth-order valence-corrected chi connectivity index (χ4v) is 9.11. The number of phosphoric acid groups is 1. The summed E-state index contributed by atoms with van der Waals surface area (Å²) < 4.78 is 33.0. The van der Waals surface area contributed by atoms with Gasteiger partial charge in [0, 0.05) is 19.4 Å². The maximum atomic E-state index is 12.7. The molecular weight excluding hydrogens is 930 g/mol. The van der Waals surface area contributed by atoms with Gasteiger partial charge in [0.25, 0.3) is 0 Å². The molecule has 0 aromatic carbocycles. The fourth-order valence-electron chi connectivity index (χ4n) is 8.34. The normalized spacial score (nSPS) is 13.6. The summed E-state index contributed by atoms with van der Waals surface area (Å²) in [4.78, 5) is 35.2. The molecule has 0 heterocycles. The van der Waals surface area contributed by atoms with Gasteiger partial charge in [-0.3, -0.25) is 18.6 Å². The van der Waals surface area contributed by atoms with Crippen molar-refractivity contribution in [2.24, 2.45) is 5.73 Å². The van der Waals surface area contributed by atoms with Gasteiger partial charge in [0.1, 0.15) is 6.61 Å². The van der Waals surface area contributed by atoms with E-state index in [1.807, 2.05) is 0 Å². The second kappa shape index (κ2) is 58.5. The Hall–Kier alpha value is -2.81. The molecule has 0 rings (SSSR count). The number of phosphoric ester groups is 1. The van der Waals surface area contributed by atoms with Crippen LogP contribution in [0.2, 0.25) is 0 Å². The Bertz CT molecular complexity index is 1470. The Morgan fingerprint density at radius 3 is 1.12 bits per heavy atom. The van der Waals surface area contributed by atoms with E-state index in [4.69, 9.17) is 24.3 Å². The van der Waals surface area contributed by atoms with Crippen LogP contribution in [0.1, 0.15) is 271 Å². The lowest BCUT2D eigenvalue weighted by atomic mass is 10.0. The highest BCUT2D eigenvalue weighted by molar-refractivity contribution is 7.47. The first-order chi connectivity index (χ1) is 35.8. The molecule has 0 aliphatic carbocycles. The summed E-state index contributed by atoms with van der Waals surface area (Å²) in [5.74, 6) is -0.836. The zero-order valence-corrected chi connectivity index (χ0v) is 48.0. The van der Waals surface area contributed by atoms with Crippen LogP contribution in [0.4, 0.5) is 0 Å². The third-order valence-corrected chi connectivity index (χ3v) is 13.7. The van der Waals surface area contributed by atoms with Crippen LogP contribution in [0.15, 0.2) is 85.1 Å². The van der Waals surface area contributed by atoms with E-state index in [1.54, 1.807) is 0 Å². The molecule has 0 aliphatic rings. The van der Waals surface area contributed by atoms with E-state index < -0.39 is 32.5 Å². The van der Waals surface area contributed by atoms with Crippen molar-refractivity contribution >= 4 is 19.8 Å². The number of unbranched alkanes of at least 4 members (excludes halogenated alkanes) is 29. The Balaban J connectivity index is 3.91. The van der Waals surface area contributed by atoms with Gasteiger partial charge in [0.15, 0.2) is 6.10 Å². The Labute approximate surface area is 449 Å². The van der Waals surface area contributed by atoms with Gasteiger partial charge >= 0.3 is 19.8 Å². The molecule has 0 bridgehead atoms. The van der Waals surface area contributed by atoms with E-state index >= 15 is 0 Å². The average molecular weight is 1040 g/mol. The molecule has 0 spiro atoms. The fraction of sp³-hybridized carbons (Fsp3) is 0.746. The molecule has 0 saturated heterocycles. The van der Waals surface area contributed by atoms with Crippen LogP contribution in [0.25, 0.3) is 0 Å². The van der Waals surface area contributed by atoms with Crippen molar-refractivity contribution in [1.82, 2.24) is 0 Å². The van der Waals surface area contributed by atoms with Gasteiger partial charge in [0.2, 0.25) is 0 Å². The van der Waals surface area contributed by atoms with Gasteiger partial charge in [-0.05, 0) is 89.9 Å². The van der Waals surface area contributed by atoms with Crippen molar-refractivity contribution < 1.29 is 37.6 Å². The average Bonchev–Trinajstić information content (AvgIpc) is 3.38. The van der Waals surface area contributed by atoms with Crippen molar-refractivity contribution in [3.63, 3.8) is 0 Å². The van der Waals surface area contributed by atoms with Gasteiger partial charge in [-0.15, -0.1) is 0 Å². The molecule has 2 unspecified atom stereocenters. The van der Waals surface area contributed by atoms with Crippen LogP contribution in [0.3, 0.4) is 0 Å². The van der Waals surface area contributed by atoms with Gasteiger partial charge in [-0.1, -0.05) is 253 Å². The van der Waals surface area contributed by atoms with Crippen molar-refractivity contribution in [3.05, 3.63) is 85.1 Å². The number of esters is 2. The highest BCUT2D eigenvalue weighted by Crippen LogP contribution is 2.43. The van der Waals surface area contributed by atoms with Crippen molar-refractivity contribution in [2.45, 2.75) is 277 Å². The van der Waals surface area contributed by atoms with Crippen LogP contribution in [-0.2, 0) is 32.7 Å². The topological polar surface area (TPSA) is 134 Å². The minimum Gasteiger partial charge on any atom is -0.462 e. The van der Waals surface area contributed by atoms with Crippen LogP contribution in [0, 0.1) is 0 Å². The predicted molar refractivity (Wildman–Crippen MR) is 312 cm³/mol. The minimum absolute atomic E-state index is 0.0495. The van der Waals surface area contributed by atoms with E-state index in [-0.39, 0.29) is 32.6 Å². The Morgan fingerprint density at radius 1 is 0.425 bits per heavy atom. The number of hydrogen-bond donors (Lipinski definition) is 2. The molecular formula is C63H112NO8P. The first-order valence-corrected chi connectivity index (χ1v) is 31.6. The van der Waals surface area contributed by atoms with E-state index in [0.717, 1.165) is 89.9 Å². The maximum Gasteiger partial charge on any atom is 0.472 e. The number of ether oxygens (including phenoxy) is 2. The van der Waals surface area contributed by atoms with Crippen molar-refractivity contribution in [1.29, 1.82) is 0 Å². The van der Waals surface area contributed by atoms with E-state index in [2.05, 4.69) is 98.9 Å². The lowest BCUT2D eigenvalue weighted by molar-refractivity contribution is -0.161. The maximum absolute atomic E-state index is 12.7. The predicted octanol–water partition coefficient (Wildman–Crippen LogP) is 19.1. The molecule has 0 fully saturated rings. The van der Waals surface area contributed by atoms with E-state index in [1.165, 1.54) is 148 Å². The quantitative estimate of drug-likeness (QED) is 0.0264. The molecule has 0 aromatic rings. The van der Waals surface area contributed by atoms with Crippen LogP contribution < -0.4 is 5.73 Å². The van der Waals surface area contributed by atoms with Gasteiger partial charge < -0.3 is 20.1 Å². The highest BCUT2D eigenvalue weighted by Gasteiger charge is 2.26. The number of rotatable bonds is 56. The van der Waals surface area contributed by atoms with Crippen molar-refractivity contribution in [2.75, 3.05) is 26.4 Å². The number of hydrogen-bond acceptors (Lipinski definition) is 8. The first kappa shape index (κ1) is 70.2. The molecule has 0 aliphatic heterocycles. The number of nitrogens with two attached hydrogens (primary N) is 1. The minimum atomic E-state index is -4.39. The summed E-state index contributed by atoms with van der Waals surface area (Å²) in [6.45, 7) is 3.61. The molecule has 422 valence electrons. The lowest BCUT2D eigenvalue weighted by Gasteiger charge is -2.19. The second-order valence-electron chi connectivity index (χ2n) is 19.8. The third kappa shape index (κ3) is 58.3. The molecule has 0 amide bonds.